The molecule has 0 aromatic heterocycles. The van der Waals surface area contributed by atoms with E-state index in [4.69, 9.17) is 15.9 Å². The van der Waals surface area contributed by atoms with Crippen molar-refractivity contribution < 1.29 is 18.3 Å². The van der Waals surface area contributed by atoms with Crippen molar-refractivity contribution in [2.24, 2.45) is 5.73 Å². The predicted molar refractivity (Wildman–Crippen MR) is 105 cm³/mol. The topological polar surface area (TPSA) is 126 Å². The van der Waals surface area contributed by atoms with Crippen LogP contribution >= 0.6 is 0 Å². The van der Waals surface area contributed by atoms with Crippen LogP contribution in [0.15, 0.2) is 53.4 Å². The van der Waals surface area contributed by atoms with Crippen LogP contribution in [-0.2, 0) is 10.0 Å². The van der Waals surface area contributed by atoms with E-state index >= 15 is 0 Å². The first-order valence-corrected chi connectivity index (χ1v) is 10.0. The van der Waals surface area contributed by atoms with Gasteiger partial charge in [-0.1, -0.05) is 26.0 Å². The number of hydrogen-bond donors (Lipinski definition) is 4. The van der Waals surface area contributed by atoms with E-state index in [0.29, 0.717) is 17.2 Å². The lowest BCUT2D eigenvalue weighted by Gasteiger charge is -2.14. The summed E-state index contributed by atoms with van der Waals surface area (Å²) in [6.07, 6.45) is -1.01. The first-order valence-electron chi connectivity index (χ1n) is 8.54. The molecule has 8 heteroatoms. The van der Waals surface area contributed by atoms with Gasteiger partial charge in [0.25, 0.3) is 0 Å². The van der Waals surface area contributed by atoms with Gasteiger partial charge in [-0.15, -0.1) is 0 Å². The summed E-state index contributed by atoms with van der Waals surface area (Å²) in [5.74, 6) is 0.766. The first kappa shape index (κ1) is 20.9. The van der Waals surface area contributed by atoms with Gasteiger partial charge in [0.2, 0.25) is 10.0 Å². The second-order valence-corrected chi connectivity index (χ2v) is 8.25. The number of hydrogen-bond acceptors (Lipinski definition) is 5. The summed E-state index contributed by atoms with van der Waals surface area (Å²) in [6.45, 7) is 3.82. The Kier molecular flexibility index (Phi) is 6.95. The number of nitrogen functional groups attached to an aromatic ring is 1. The number of sulfonamides is 1. The molecule has 2 aromatic rings. The maximum atomic E-state index is 12.3. The molecule has 2 aromatic carbocycles. The molecule has 0 aliphatic carbocycles. The minimum absolute atomic E-state index is 0.0441. The molecule has 0 aliphatic heterocycles. The van der Waals surface area contributed by atoms with E-state index in [1.807, 2.05) is 13.8 Å². The molecule has 1 unspecified atom stereocenters. The normalized spacial score (nSPS) is 12.7. The van der Waals surface area contributed by atoms with Crippen molar-refractivity contribution in [2.45, 2.75) is 30.8 Å². The number of amidine groups is 1. The fourth-order valence-electron chi connectivity index (χ4n) is 2.30. The highest BCUT2D eigenvalue weighted by atomic mass is 32.2. The zero-order valence-corrected chi connectivity index (χ0v) is 16.2. The molecule has 0 amide bonds. The molecule has 0 saturated carbocycles. The second kappa shape index (κ2) is 8.98. The van der Waals surface area contributed by atoms with Crippen molar-refractivity contribution in [1.29, 1.82) is 5.41 Å². The van der Waals surface area contributed by atoms with Gasteiger partial charge in [0.05, 0.1) is 4.90 Å². The van der Waals surface area contributed by atoms with Crippen molar-refractivity contribution in [3.8, 4) is 5.75 Å². The Labute approximate surface area is 159 Å². The highest BCUT2D eigenvalue weighted by Gasteiger charge is 2.16. The van der Waals surface area contributed by atoms with E-state index in [1.54, 1.807) is 48.5 Å². The Morgan fingerprint density at radius 1 is 1.15 bits per heavy atom. The van der Waals surface area contributed by atoms with Gasteiger partial charge in [-0.2, -0.15) is 0 Å². The van der Waals surface area contributed by atoms with E-state index in [9.17, 15) is 13.5 Å². The van der Waals surface area contributed by atoms with Crippen LogP contribution in [0.25, 0.3) is 0 Å². The Hall–Kier alpha value is -2.42. The van der Waals surface area contributed by atoms with E-state index < -0.39 is 16.1 Å². The van der Waals surface area contributed by atoms with E-state index in [-0.39, 0.29) is 23.9 Å². The zero-order chi connectivity index (χ0) is 20.0. The number of nitrogens with one attached hydrogen (secondary N) is 2. The van der Waals surface area contributed by atoms with Gasteiger partial charge in [-0.05, 0) is 47.9 Å². The van der Waals surface area contributed by atoms with Crippen LogP contribution in [0.3, 0.4) is 0 Å². The molecular weight excluding hydrogens is 366 g/mol. The number of aliphatic hydroxyl groups excluding tert-OH is 1. The van der Waals surface area contributed by atoms with Crippen LogP contribution in [-0.4, -0.2) is 38.6 Å². The average Bonchev–Trinajstić information content (AvgIpc) is 2.65. The van der Waals surface area contributed by atoms with Crippen LogP contribution in [0.2, 0.25) is 0 Å². The van der Waals surface area contributed by atoms with Crippen molar-refractivity contribution in [3.63, 3.8) is 0 Å². The third-order valence-corrected chi connectivity index (χ3v) is 5.41. The van der Waals surface area contributed by atoms with E-state index in [0.717, 1.165) is 5.56 Å². The maximum absolute atomic E-state index is 12.3. The van der Waals surface area contributed by atoms with Gasteiger partial charge in [0.1, 0.15) is 24.3 Å². The Morgan fingerprint density at radius 3 is 2.26 bits per heavy atom. The molecule has 0 bridgehead atoms. The zero-order valence-electron chi connectivity index (χ0n) is 15.3. The smallest absolute Gasteiger partial charge is 0.240 e. The average molecular weight is 391 g/mol. The third kappa shape index (κ3) is 6.06. The SMILES string of the molecule is CC(C)c1ccc(S(=O)(=O)NCC(O)COc2ccc(C(=N)N)cc2)cc1. The van der Waals surface area contributed by atoms with Crippen molar-refractivity contribution >= 4 is 15.9 Å². The fourth-order valence-corrected chi connectivity index (χ4v) is 3.38. The Bertz CT molecular complexity index is 863. The summed E-state index contributed by atoms with van der Waals surface area (Å²) in [6, 6.07) is 13.2. The van der Waals surface area contributed by atoms with Crippen LogP contribution < -0.4 is 15.2 Å². The summed E-state index contributed by atoms with van der Waals surface area (Å²) in [7, 11) is -3.70. The molecule has 2 rings (SSSR count). The largest absolute Gasteiger partial charge is 0.491 e. The molecule has 0 saturated heterocycles. The highest BCUT2D eigenvalue weighted by Crippen LogP contribution is 2.17. The third-order valence-electron chi connectivity index (χ3n) is 3.97. The van der Waals surface area contributed by atoms with Crippen molar-refractivity contribution in [1.82, 2.24) is 4.72 Å². The standard InChI is InChI=1S/C19H25N3O4S/c1-13(2)14-5-9-18(10-6-14)27(24,25)22-11-16(23)12-26-17-7-3-15(4-8-17)19(20)21/h3-10,13,16,22-23H,11-12H2,1-2H3,(H3,20,21). The molecule has 0 heterocycles. The first-order chi connectivity index (χ1) is 12.7. The predicted octanol–water partition coefficient (Wildman–Crippen LogP) is 1.81. The van der Waals surface area contributed by atoms with Gasteiger partial charge in [-0.25, -0.2) is 13.1 Å². The van der Waals surface area contributed by atoms with Crippen molar-refractivity contribution in [3.05, 3.63) is 59.7 Å². The molecule has 0 fully saturated rings. The van der Waals surface area contributed by atoms with E-state index in [1.165, 1.54) is 0 Å². The van der Waals surface area contributed by atoms with Crippen LogP contribution in [0.5, 0.6) is 5.75 Å². The summed E-state index contributed by atoms with van der Waals surface area (Å²) < 4.78 is 32.4. The van der Waals surface area contributed by atoms with Gasteiger partial charge in [-0.3, -0.25) is 5.41 Å². The van der Waals surface area contributed by atoms with Crippen LogP contribution in [0, 0.1) is 5.41 Å². The maximum Gasteiger partial charge on any atom is 0.240 e. The monoisotopic (exact) mass is 391 g/mol. The summed E-state index contributed by atoms with van der Waals surface area (Å²) in [5.41, 5.74) is 7.00. The quantitative estimate of drug-likeness (QED) is 0.383. The fraction of sp³-hybridized carbons (Fsp3) is 0.316. The molecule has 5 N–H and O–H groups in total. The highest BCUT2D eigenvalue weighted by molar-refractivity contribution is 7.89. The Morgan fingerprint density at radius 2 is 1.74 bits per heavy atom. The Balaban J connectivity index is 1.86. The van der Waals surface area contributed by atoms with Gasteiger partial charge in [0.15, 0.2) is 0 Å². The second-order valence-electron chi connectivity index (χ2n) is 6.48. The van der Waals surface area contributed by atoms with Gasteiger partial charge in [0, 0.05) is 12.1 Å². The molecule has 1 atom stereocenters. The number of aliphatic hydroxyl groups is 1. The molecule has 0 aliphatic rings. The molecular formula is C19H25N3O4S. The number of ether oxygens (including phenoxy) is 1. The van der Waals surface area contributed by atoms with Crippen LogP contribution in [0.4, 0.5) is 0 Å². The lowest BCUT2D eigenvalue weighted by molar-refractivity contribution is 0.111. The summed E-state index contributed by atoms with van der Waals surface area (Å²) in [5, 5.41) is 17.3. The van der Waals surface area contributed by atoms with Crippen molar-refractivity contribution in [2.75, 3.05) is 13.2 Å². The lowest BCUT2D eigenvalue weighted by Crippen LogP contribution is -2.35. The molecule has 146 valence electrons. The summed E-state index contributed by atoms with van der Waals surface area (Å²) >= 11 is 0. The lowest BCUT2D eigenvalue weighted by atomic mass is 10.0. The molecule has 7 nitrogen and oxygen atoms in total. The van der Waals surface area contributed by atoms with E-state index in [2.05, 4.69) is 4.72 Å². The van der Waals surface area contributed by atoms with Gasteiger partial charge < -0.3 is 15.6 Å². The minimum atomic E-state index is -3.70. The minimum Gasteiger partial charge on any atom is -0.491 e. The molecule has 27 heavy (non-hydrogen) atoms. The summed E-state index contributed by atoms with van der Waals surface area (Å²) in [4.78, 5) is 0.153. The number of nitrogens with two attached hydrogens (primary N) is 1. The number of benzene rings is 2. The molecule has 0 radical (unpaired) electrons. The van der Waals surface area contributed by atoms with Crippen LogP contribution in [0.1, 0.15) is 30.9 Å². The molecule has 0 spiro atoms. The number of rotatable bonds is 9. The van der Waals surface area contributed by atoms with Gasteiger partial charge >= 0.3 is 0 Å².